The van der Waals surface area contributed by atoms with Gasteiger partial charge in [-0.15, -0.1) is 11.3 Å². The number of aromatic nitrogens is 1. The average molecular weight is 298 g/mol. The van der Waals surface area contributed by atoms with Crippen molar-refractivity contribution < 1.29 is 8.42 Å². The predicted molar refractivity (Wildman–Crippen MR) is 75.1 cm³/mol. The second kappa shape index (κ2) is 5.66. The van der Waals surface area contributed by atoms with Gasteiger partial charge in [0.15, 0.2) is 0 Å². The van der Waals surface area contributed by atoms with Crippen LogP contribution in [0.2, 0.25) is 0 Å². The van der Waals surface area contributed by atoms with Crippen LogP contribution in [-0.2, 0) is 16.6 Å². The molecule has 1 aromatic heterocycles. The molecule has 2 rings (SSSR count). The van der Waals surface area contributed by atoms with Crippen molar-refractivity contribution in [1.29, 1.82) is 0 Å². The Morgan fingerprint density at radius 1 is 1.37 bits per heavy atom. The largest absolute Gasteiger partial charge is 0.323 e. The van der Waals surface area contributed by atoms with Crippen LogP contribution >= 0.6 is 11.3 Å². The van der Waals surface area contributed by atoms with E-state index in [1.807, 2.05) is 6.92 Å². The van der Waals surface area contributed by atoms with Crippen molar-refractivity contribution >= 4 is 27.0 Å². The highest BCUT2D eigenvalue weighted by Crippen LogP contribution is 2.20. The van der Waals surface area contributed by atoms with E-state index in [-0.39, 0.29) is 11.4 Å². The Kier molecular flexibility index (Phi) is 4.15. The molecule has 19 heavy (non-hydrogen) atoms. The maximum atomic E-state index is 12.2. The molecule has 0 saturated carbocycles. The van der Waals surface area contributed by atoms with Crippen LogP contribution in [-0.4, -0.2) is 13.4 Å². The number of hydrogen-bond donors (Lipinski definition) is 3. The number of rotatable bonds is 5. The fourth-order valence-corrected chi connectivity index (χ4v) is 3.51. The van der Waals surface area contributed by atoms with Crippen LogP contribution in [0.25, 0.3) is 0 Å². The van der Waals surface area contributed by atoms with Gasteiger partial charge >= 0.3 is 0 Å². The fraction of sp³-hybridized carbons (Fsp3) is 0.182. The first-order chi connectivity index (χ1) is 9.03. The quantitative estimate of drug-likeness (QED) is 0.569. The number of nitrogens with two attached hydrogens (primary N) is 1. The van der Waals surface area contributed by atoms with E-state index >= 15 is 0 Å². The summed E-state index contributed by atoms with van der Waals surface area (Å²) in [6, 6.07) is 6.44. The van der Waals surface area contributed by atoms with Gasteiger partial charge in [-0.3, -0.25) is 5.84 Å². The highest BCUT2D eigenvalue weighted by Gasteiger charge is 2.17. The summed E-state index contributed by atoms with van der Waals surface area (Å²) in [4.78, 5) is 5.26. The van der Waals surface area contributed by atoms with Gasteiger partial charge in [0, 0.05) is 11.1 Å². The maximum absolute atomic E-state index is 12.2. The molecule has 0 bridgehead atoms. The number of aryl methyl sites for hydroxylation is 1. The van der Waals surface area contributed by atoms with Crippen molar-refractivity contribution in [3.8, 4) is 0 Å². The normalized spacial score (nSPS) is 11.5. The molecule has 1 aromatic carbocycles. The lowest BCUT2D eigenvalue weighted by Gasteiger charge is -2.09. The third kappa shape index (κ3) is 3.29. The lowest BCUT2D eigenvalue weighted by atomic mass is 10.3. The Hall–Kier alpha value is -1.48. The van der Waals surface area contributed by atoms with Crippen LogP contribution in [0.15, 0.2) is 35.4 Å². The number of para-hydroxylation sites is 1. The predicted octanol–water partition coefficient (Wildman–Crippen LogP) is 1.22. The van der Waals surface area contributed by atoms with Gasteiger partial charge in [-0.25, -0.2) is 18.1 Å². The molecule has 8 heteroatoms. The molecule has 6 nitrogen and oxygen atoms in total. The van der Waals surface area contributed by atoms with Gasteiger partial charge in [0.1, 0.15) is 9.90 Å². The number of thiazole rings is 1. The standard InChI is InChI=1S/C11H14N4O2S2/c1-8-6-13-11(18-8)7-14-19(16,17)10-5-3-2-4-9(10)15-12/h2-6,14-15H,7,12H2,1H3. The molecule has 0 amide bonds. The van der Waals surface area contributed by atoms with E-state index in [1.54, 1.807) is 24.4 Å². The summed E-state index contributed by atoms with van der Waals surface area (Å²) < 4.78 is 26.8. The highest BCUT2D eigenvalue weighted by atomic mass is 32.2. The fourth-order valence-electron chi connectivity index (χ4n) is 1.54. The van der Waals surface area contributed by atoms with Gasteiger partial charge in [-0.05, 0) is 19.1 Å². The molecule has 0 aliphatic rings. The monoisotopic (exact) mass is 298 g/mol. The third-order valence-electron chi connectivity index (χ3n) is 2.41. The van der Waals surface area contributed by atoms with Crippen molar-refractivity contribution in [3.05, 3.63) is 40.3 Å². The summed E-state index contributed by atoms with van der Waals surface area (Å²) in [5.41, 5.74) is 2.72. The van der Waals surface area contributed by atoms with Gasteiger partial charge in [0.2, 0.25) is 10.0 Å². The van der Waals surface area contributed by atoms with E-state index in [2.05, 4.69) is 15.1 Å². The molecule has 0 fully saturated rings. The van der Waals surface area contributed by atoms with Gasteiger partial charge in [-0.1, -0.05) is 12.1 Å². The first-order valence-electron chi connectivity index (χ1n) is 5.49. The average Bonchev–Trinajstić information content (AvgIpc) is 2.82. The van der Waals surface area contributed by atoms with Crippen molar-refractivity contribution in [3.63, 3.8) is 0 Å². The minimum absolute atomic E-state index is 0.116. The van der Waals surface area contributed by atoms with Crippen molar-refractivity contribution in [1.82, 2.24) is 9.71 Å². The lowest BCUT2D eigenvalue weighted by molar-refractivity contribution is 0.581. The maximum Gasteiger partial charge on any atom is 0.243 e. The van der Waals surface area contributed by atoms with Gasteiger partial charge in [-0.2, -0.15) is 0 Å². The Morgan fingerprint density at radius 3 is 2.74 bits per heavy atom. The van der Waals surface area contributed by atoms with Crippen LogP contribution in [0.1, 0.15) is 9.88 Å². The summed E-state index contributed by atoms with van der Waals surface area (Å²) in [6.07, 6.45) is 1.71. The minimum atomic E-state index is -3.62. The third-order valence-corrected chi connectivity index (χ3v) is 4.79. The van der Waals surface area contributed by atoms with E-state index in [9.17, 15) is 8.42 Å². The summed E-state index contributed by atoms with van der Waals surface area (Å²) in [6.45, 7) is 2.09. The summed E-state index contributed by atoms with van der Waals surface area (Å²) in [7, 11) is -3.62. The molecule has 0 spiro atoms. The van der Waals surface area contributed by atoms with Crippen molar-refractivity contribution in [2.24, 2.45) is 5.84 Å². The Morgan fingerprint density at radius 2 is 2.11 bits per heavy atom. The number of nitrogens with one attached hydrogen (secondary N) is 2. The van der Waals surface area contributed by atoms with Crippen LogP contribution in [0, 0.1) is 6.92 Å². The molecule has 4 N–H and O–H groups in total. The molecule has 1 heterocycles. The summed E-state index contributed by atoms with van der Waals surface area (Å²) in [5.74, 6) is 5.31. The zero-order chi connectivity index (χ0) is 13.9. The second-order valence-electron chi connectivity index (χ2n) is 3.83. The molecule has 0 atom stereocenters. The summed E-state index contributed by atoms with van der Waals surface area (Å²) in [5, 5.41) is 0.722. The number of hydrazine groups is 1. The minimum Gasteiger partial charge on any atom is -0.323 e. The molecule has 0 unspecified atom stereocenters. The number of nitrogen functional groups attached to an aromatic ring is 1. The van der Waals surface area contributed by atoms with E-state index in [0.717, 1.165) is 9.88 Å². The number of nitrogens with zero attached hydrogens (tertiary/aromatic N) is 1. The molecule has 2 aromatic rings. The molecule has 102 valence electrons. The first kappa shape index (κ1) is 13.9. The first-order valence-corrected chi connectivity index (χ1v) is 7.79. The number of anilines is 1. The molecular weight excluding hydrogens is 284 g/mol. The molecular formula is C11H14N4O2S2. The number of benzene rings is 1. The van der Waals surface area contributed by atoms with Gasteiger partial charge in [0.25, 0.3) is 0 Å². The van der Waals surface area contributed by atoms with Crippen LogP contribution in [0.4, 0.5) is 5.69 Å². The topological polar surface area (TPSA) is 97.1 Å². The van der Waals surface area contributed by atoms with Gasteiger partial charge in [0.05, 0.1) is 12.2 Å². The van der Waals surface area contributed by atoms with E-state index < -0.39 is 10.0 Å². The van der Waals surface area contributed by atoms with Crippen LogP contribution in [0.3, 0.4) is 0 Å². The zero-order valence-corrected chi connectivity index (χ0v) is 11.9. The van der Waals surface area contributed by atoms with Crippen LogP contribution in [0.5, 0.6) is 0 Å². The highest BCUT2D eigenvalue weighted by molar-refractivity contribution is 7.89. The van der Waals surface area contributed by atoms with Crippen molar-refractivity contribution in [2.75, 3.05) is 5.43 Å². The number of hydrogen-bond acceptors (Lipinski definition) is 6. The smallest absolute Gasteiger partial charge is 0.243 e. The zero-order valence-electron chi connectivity index (χ0n) is 10.3. The van der Waals surface area contributed by atoms with E-state index in [0.29, 0.717) is 5.69 Å². The van der Waals surface area contributed by atoms with Crippen molar-refractivity contribution in [2.45, 2.75) is 18.4 Å². The van der Waals surface area contributed by atoms with Crippen LogP contribution < -0.4 is 16.0 Å². The van der Waals surface area contributed by atoms with E-state index in [1.165, 1.54) is 17.4 Å². The Balaban J connectivity index is 2.18. The number of sulfonamides is 1. The van der Waals surface area contributed by atoms with Gasteiger partial charge < -0.3 is 5.43 Å². The molecule has 0 saturated heterocycles. The lowest BCUT2D eigenvalue weighted by Crippen LogP contribution is -2.25. The molecule has 0 aliphatic heterocycles. The van der Waals surface area contributed by atoms with E-state index in [4.69, 9.17) is 5.84 Å². The Labute approximate surface area is 115 Å². The Bertz CT molecular complexity index is 667. The SMILES string of the molecule is Cc1cnc(CNS(=O)(=O)c2ccccc2NN)s1. The second-order valence-corrected chi connectivity index (χ2v) is 6.88. The molecule has 0 aliphatic carbocycles. The summed E-state index contributed by atoms with van der Waals surface area (Å²) >= 11 is 1.46. The molecule has 0 radical (unpaired) electrons.